The number of carbonyl (C=O) groups is 1. The van der Waals surface area contributed by atoms with Crippen LogP contribution in [0.2, 0.25) is 0 Å². The number of nitrogens with one attached hydrogen (secondary N) is 1. The SMILES string of the molecule is O=C(NCCC1C2CN(S(=O)(=O)C3CCOCC3)CC12)c1cnc2nccn2c1. The third-order valence-electron chi connectivity index (χ3n) is 6.56. The van der Waals surface area contributed by atoms with Crippen LogP contribution in [-0.2, 0) is 14.8 Å². The van der Waals surface area contributed by atoms with Gasteiger partial charge in [0, 0.05) is 57.6 Å². The van der Waals surface area contributed by atoms with E-state index in [1.165, 1.54) is 6.20 Å². The highest BCUT2D eigenvalue weighted by Gasteiger charge is 2.57. The van der Waals surface area contributed by atoms with E-state index in [1.807, 2.05) is 0 Å². The zero-order chi connectivity index (χ0) is 20.0. The maximum atomic E-state index is 12.8. The predicted molar refractivity (Wildman–Crippen MR) is 105 cm³/mol. The molecule has 0 aromatic carbocycles. The molecule has 1 saturated carbocycles. The second kappa shape index (κ2) is 7.33. The first-order chi connectivity index (χ1) is 14.0. The molecule has 4 heterocycles. The van der Waals surface area contributed by atoms with Crippen LogP contribution in [0.4, 0.5) is 0 Å². The van der Waals surface area contributed by atoms with Crippen molar-refractivity contribution < 1.29 is 17.9 Å². The minimum Gasteiger partial charge on any atom is -0.381 e. The fourth-order valence-corrected chi connectivity index (χ4v) is 6.79. The zero-order valence-electron chi connectivity index (χ0n) is 16.1. The van der Waals surface area contributed by atoms with Crippen LogP contribution in [0.5, 0.6) is 0 Å². The van der Waals surface area contributed by atoms with E-state index >= 15 is 0 Å². The Morgan fingerprint density at radius 1 is 1.21 bits per heavy atom. The smallest absolute Gasteiger partial charge is 0.254 e. The highest BCUT2D eigenvalue weighted by molar-refractivity contribution is 7.89. The van der Waals surface area contributed by atoms with Gasteiger partial charge in [-0.1, -0.05) is 0 Å². The summed E-state index contributed by atoms with van der Waals surface area (Å²) in [6.45, 7) is 2.92. The van der Waals surface area contributed by atoms with Crippen LogP contribution in [0.25, 0.3) is 5.78 Å². The number of hydrogen-bond acceptors (Lipinski definition) is 6. The molecule has 156 valence electrons. The summed E-state index contributed by atoms with van der Waals surface area (Å²) in [6.07, 6.45) is 8.73. The highest BCUT2D eigenvalue weighted by atomic mass is 32.2. The van der Waals surface area contributed by atoms with E-state index < -0.39 is 10.0 Å². The summed E-state index contributed by atoms with van der Waals surface area (Å²) in [6, 6.07) is 0. The lowest BCUT2D eigenvalue weighted by Gasteiger charge is -2.28. The quantitative estimate of drug-likeness (QED) is 0.732. The highest BCUT2D eigenvalue weighted by Crippen LogP contribution is 2.54. The van der Waals surface area contributed by atoms with Crippen molar-refractivity contribution >= 4 is 21.7 Å². The Morgan fingerprint density at radius 3 is 2.72 bits per heavy atom. The minimum atomic E-state index is -3.20. The van der Waals surface area contributed by atoms with E-state index in [4.69, 9.17) is 4.74 Å². The van der Waals surface area contributed by atoms with Crippen LogP contribution in [0.1, 0.15) is 29.6 Å². The Morgan fingerprint density at radius 2 is 1.97 bits per heavy atom. The molecule has 1 aliphatic carbocycles. The zero-order valence-corrected chi connectivity index (χ0v) is 16.9. The number of hydrogen-bond donors (Lipinski definition) is 1. The van der Waals surface area contributed by atoms with E-state index in [0.29, 0.717) is 74.8 Å². The topological polar surface area (TPSA) is 106 Å². The van der Waals surface area contributed by atoms with Gasteiger partial charge < -0.3 is 10.1 Å². The van der Waals surface area contributed by atoms with Gasteiger partial charge in [-0.15, -0.1) is 0 Å². The summed E-state index contributed by atoms with van der Waals surface area (Å²) in [5.74, 6) is 1.79. The molecule has 2 aromatic heterocycles. The van der Waals surface area contributed by atoms with Crippen molar-refractivity contribution in [2.75, 3.05) is 32.8 Å². The van der Waals surface area contributed by atoms with Crippen molar-refractivity contribution in [3.05, 3.63) is 30.4 Å². The number of amides is 1. The maximum absolute atomic E-state index is 12.8. The van der Waals surface area contributed by atoms with Gasteiger partial charge in [-0.25, -0.2) is 22.7 Å². The number of fused-ring (bicyclic) bond motifs is 2. The molecule has 3 fully saturated rings. The number of rotatable bonds is 6. The van der Waals surface area contributed by atoms with E-state index in [0.717, 1.165) is 6.42 Å². The molecule has 2 atom stereocenters. The number of imidazole rings is 1. The molecule has 10 heteroatoms. The molecular weight excluding hydrogens is 394 g/mol. The summed E-state index contributed by atoms with van der Waals surface area (Å²) >= 11 is 0. The van der Waals surface area contributed by atoms with Gasteiger partial charge in [0.2, 0.25) is 15.8 Å². The first-order valence-electron chi connectivity index (χ1n) is 10.2. The van der Waals surface area contributed by atoms with Gasteiger partial charge in [0.25, 0.3) is 5.91 Å². The van der Waals surface area contributed by atoms with Gasteiger partial charge in [0.15, 0.2) is 0 Å². The van der Waals surface area contributed by atoms with Crippen molar-refractivity contribution in [3.8, 4) is 0 Å². The van der Waals surface area contributed by atoms with E-state index in [9.17, 15) is 13.2 Å². The monoisotopic (exact) mass is 419 g/mol. The molecule has 9 nitrogen and oxygen atoms in total. The number of carbonyl (C=O) groups excluding carboxylic acids is 1. The van der Waals surface area contributed by atoms with Crippen molar-refractivity contribution in [3.63, 3.8) is 0 Å². The number of nitrogens with zero attached hydrogens (tertiary/aromatic N) is 4. The molecule has 1 N–H and O–H groups in total. The molecule has 5 rings (SSSR count). The van der Waals surface area contributed by atoms with Gasteiger partial charge in [-0.05, 0) is 37.0 Å². The summed E-state index contributed by atoms with van der Waals surface area (Å²) in [4.78, 5) is 20.6. The molecule has 1 amide bonds. The third-order valence-corrected chi connectivity index (χ3v) is 8.89. The lowest BCUT2D eigenvalue weighted by Crippen LogP contribution is -2.41. The average molecular weight is 420 g/mol. The average Bonchev–Trinajstić information content (AvgIpc) is 3.10. The molecule has 2 unspecified atom stereocenters. The molecule has 2 saturated heterocycles. The third kappa shape index (κ3) is 3.53. The Kier molecular flexibility index (Phi) is 4.79. The maximum Gasteiger partial charge on any atom is 0.254 e. The Hall–Kier alpha value is -2.04. The predicted octanol–water partition coefficient (Wildman–Crippen LogP) is 0.536. The van der Waals surface area contributed by atoms with Gasteiger partial charge in [0.05, 0.1) is 10.8 Å². The van der Waals surface area contributed by atoms with Crippen molar-refractivity contribution in [2.45, 2.75) is 24.5 Å². The molecule has 2 aromatic rings. The molecule has 0 spiro atoms. The van der Waals surface area contributed by atoms with E-state index in [1.54, 1.807) is 27.3 Å². The molecule has 2 aliphatic heterocycles. The number of aromatic nitrogens is 3. The second-order valence-electron chi connectivity index (χ2n) is 8.19. The van der Waals surface area contributed by atoms with E-state index in [2.05, 4.69) is 15.3 Å². The van der Waals surface area contributed by atoms with Crippen LogP contribution in [0.3, 0.4) is 0 Å². The molecule has 0 radical (unpaired) electrons. The summed E-state index contributed by atoms with van der Waals surface area (Å²) < 4.78 is 34.3. The molecule has 0 bridgehead atoms. The summed E-state index contributed by atoms with van der Waals surface area (Å²) in [5.41, 5.74) is 0.500. The van der Waals surface area contributed by atoms with Gasteiger partial charge >= 0.3 is 0 Å². The van der Waals surface area contributed by atoms with Crippen LogP contribution >= 0.6 is 0 Å². The number of sulfonamides is 1. The molecule has 29 heavy (non-hydrogen) atoms. The first-order valence-corrected chi connectivity index (χ1v) is 11.7. The normalized spacial score (nSPS) is 27.8. The van der Waals surface area contributed by atoms with Crippen molar-refractivity contribution in [1.29, 1.82) is 0 Å². The summed E-state index contributed by atoms with van der Waals surface area (Å²) in [5, 5.41) is 2.67. The Bertz CT molecular complexity index is 1000. The van der Waals surface area contributed by atoms with Gasteiger partial charge in [-0.3, -0.25) is 9.20 Å². The van der Waals surface area contributed by atoms with Crippen LogP contribution in [-0.4, -0.2) is 71.1 Å². The second-order valence-corrected chi connectivity index (χ2v) is 10.4. The Labute approximate surface area is 169 Å². The lowest BCUT2D eigenvalue weighted by atomic mass is 10.2. The fourth-order valence-electron chi connectivity index (χ4n) is 4.82. The first kappa shape index (κ1) is 19.0. The van der Waals surface area contributed by atoms with Crippen molar-refractivity contribution in [2.24, 2.45) is 17.8 Å². The minimum absolute atomic E-state index is 0.150. The van der Waals surface area contributed by atoms with E-state index in [-0.39, 0.29) is 11.2 Å². The largest absolute Gasteiger partial charge is 0.381 e. The number of piperidine rings is 1. The van der Waals surface area contributed by atoms with Gasteiger partial charge in [0.1, 0.15) is 0 Å². The van der Waals surface area contributed by atoms with Gasteiger partial charge in [-0.2, -0.15) is 0 Å². The van der Waals surface area contributed by atoms with Crippen LogP contribution < -0.4 is 5.32 Å². The van der Waals surface area contributed by atoms with Crippen LogP contribution in [0.15, 0.2) is 24.8 Å². The lowest BCUT2D eigenvalue weighted by molar-refractivity contribution is 0.0950. The molecule has 3 aliphatic rings. The van der Waals surface area contributed by atoms with Crippen LogP contribution in [0, 0.1) is 17.8 Å². The summed E-state index contributed by atoms with van der Waals surface area (Å²) in [7, 11) is -3.20. The fraction of sp³-hybridized carbons (Fsp3) is 0.632. The standard InChI is InChI=1S/C19H25N5O4S/c25-18(13-9-22-19-21-5-6-23(19)10-13)20-4-1-15-16-11-24(12-17(15)16)29(26,27)14-2-7-28-8-3-14/h5-6,9-10,14-17H,1-4,7-8,11-12H2,(H,20,25). The molecular formula is C19H25N5O4S. The van der Waals surface area contributed by atoms with Crippen molar-refractivity contribution in [1.82, 2.24) is 24.0 Å². The number of ether oxygens (including phenoxy) is 1. The Balaban J connectivity index is 1.09.